The van der Waals surface area contributed by atoms with E-state index in [1.54, 1.807) is 0 Å². The van der Waals surface area contributed by atoms with Crippen LogP contribution in [-0.4, -0.2) is 39.6 Å². The van der Waals surface area contributed by atoms with Crippen LogP contribution in [0.4, 0.5) is 0 Å². The molecule has 0 radical (unpaired) electrons. The van der Waals surface area contributed by atoms with Gasteiger partial charge in [-0.2, -0.15) is 0 Å². The fraction of sp³-hybridized carbons (Fsp3) is 0.600. The highest BCUT2D eigenvalue weighted by Gasteiger charge is 2.33. The van der Waals surface area contributed by atoms with Crippen molar-refractivity contribution in [3.05, 3.63) is 12.3 Å². The Morgan fingerprint density at radius 3 is 2.53 bits per heavy atom. The maximum Gasteiger partial charge on any atom is 0.326 e. The predicted octanol–water partition coefficient (Wildman–Crippen LogP) is 0.914. The Morgan fingerprint density at radius 1 is 1.33 bits per heavy atom. The van der Waals surface area contributed by atoms with Crippen molar-refractivity contribution in [3.8, 4) is 0 Å². The van der Waals surface area contributed by atoms with Gasteiger partial charge >= 0.3 is 5.97 Å². The average Bonchev–Trinajstić information content (AvgIpc) is 2.62. The Labute approximate surface area is 88.0 Å². The molecule has 5 nitrogen and oxygen atoms in total. The lowest BCUT2D eigenvalue weighted by Gasteiger charge is -2.21. The van der Waals surface area contributed by atoms with Crippen LogP contribution in [0.3, 0.4) is 0 Å². The summed E-state index contributed by atoms with van der Waals surface area (Å²) in [4.78, 5) is 23.7. The highest BCUT2D eigenvalue weighted by Crippen LogP contribution is 2.19. The Morgan fingerprint density at radius 2 is 2.00 bits per heavy atom. The molecule has 84 valence electrons. The van der Waals surface area contributed by atoms with Crippen molar-refractivity contribution in [1.82, 2.24) is 4.90 Å². The zero-order chi connectivity index (χ0) is 11.4. The Kier molecular flexibility index (Phi) is 3.71. The summed E-state index contributed by atoms with van der Waals surface area (Å²) in [5.41, 5.74) is 0. The van der Waals surface area contributed by atoms with Gasteiger partial charge in [0.15, 0.2) is 0 Å². The number of rotatable bonds is 4. The molecule has 15 heavy (non-hydrogen) atoms. The van der Waals surface area contributed by atoms with Crippen LogP contribution in [0.5, 0.6) is 0 Å². The molecule has 0 aliphatic carbocycles. The summed E-state index contributed by atoms with van der Waals surface area (Å²) in [7, 11) is 0. The summed E-state index contributed by atoms with van der Waals surface area (Å²) < 4.78 is 0. The third-order valence-electron chi connectivity index (χ3n) is 2.49. The summed E-state index contributed by atoms with van der Waals surface area (Å²) in [6, 6.07) is -0.690. The van der Waals surface area contributed by atoms with Crippen LogP contribution in [0.2, 0.25) is 0 Å². The van der Waals surface area contributed by atoms with E-state index in [9.17, 15) is 9.59 Å². The number of carbonyl (C=O) groups excluding carboxylic acids is 1. The fourth-order valence-electron chi connectivity index (χ4n) is 1.72. The van der Waals surface area contributed by atoms with Gasteiger partial charge in [0.05, 0.1) is 5.76 Å². The third kappa shape index (κ3) is 2.97. The van der Waals surface area contributed by atoms with E-state index in [1.807, 2.05) is 0 Å². The minimum absolute atomic E-state index is 0.0468. The number of carboxylic acid groups (broad SMARTS) is 1. The third-order valence-corrected chi connectivity index (χ3v) is 2.49. The SMILES string of the molecule is C=C(O)CCC(=O)N1CCC[C@H]1C(=O)O. The van der Waals surface area contributed by atoms with Crippen LogP contribution >= 0.6 is 0 Å². The van der Waals surface area contributed by atoms with Gasteiger partial charge in [-0.25, -0.2) is 4.79 Å². The highest BCUT2D eigenvalue weighted by molar-refractivity contribution is 5.84. The summed E-state index contributed by atoms with van der Waals surface area (Å²) >= 11 is 0. The number of hydrogen-bond acceptors (Lipinski definition) is 3. The summed E-state index contributed by atoms with van der Waals surface area (Å²) in [6.07, 6.45) is 1.56. The molecule has 0 aromatic carbocycles. The first-order chi connectivity index (χ1) is 7.02. The molecule has 0 unspecified atom stereocenters. The molecule has 1 aliphatic rings. The van der Waals surface area contributed by atoms with E-state index in [2.05, 4.69) is 6.58 Å². The highest BCUT2D eigenvalue weighted by atomic mass is 16.4. The number of nitrogens with zero attached hydrogens (tertiary/aromatic N) is 1. The summed E-state index contributed by atoms with van der Waals surface area (Å²) in [5.74, 6) is -1.23. The van der Waals surface area contributed by atoms with Gasteiger partial charge in [-0.3, -0.25) is 4.79 Å². The van der Waals surface area contributed by atoms with Crippen molar-refractivity contribution in [2.75, 3.05) is 6.54 Å². The lowest BCUT2D eigenvalue weighted by Crippen LogP contribution is -2.40. The standard InChI is InChI=1S/C10H15NO4/c1-7(12)4-5-9(13)11-6-2-3-8(11)10(14)15/h8,12H,1-6H2,(H,14,15)/t8-/m0/s1. The number of aliphatic carboxylic acids is 1. The van der Waals surface area contributed by atoms with Gasteiger partial charge in [0.2, 0.25) is 5.91 Å². The van der Waals surface area contributed by atoms with Gasteiger partial charge in [-0.1, -0.05) is 6.58 Å². The average molecular weight is 213 g/mol. The van der Waals surface area contributed by atoms with E-state index < -0.39 is 12.0 Å². The van der Waals surface area contributed by atoms with Crippen molar-refractivity contribution < 1.29 is 19.8 Å². The smallest absolute Gasteiger partial charge is 0.326 e. The van der Waals surface area contributed by atoms with Crippen LogP contribution in [0.1, 0.15) is 25.7 Å². The Balaban J connectivity index is 2.51. The van der Waals surface area contributed by atoms with E-state index in [0.717, 1.165) is 6.42 Å². The van der Waals surface area contributed by atoms with Gasteiger partial charge in [0.1, 0.15) is 6.04 Å². The molecular weight excluding hydrogens is 198 g/mol. The molecule has 1 aliphatic heterocycles. The number of likely N-dealkylation sites (tertiary alicyclic amines) is 1. The minimum atomic E-state index is -0.955. The minimum Gasteiger partial charge on any atom is -0.513 e. The van der Waals surface area contributed by atoms with Crippen LogP contribution < -0.4 is 0 Å². The number of hydrogen-bond donors (Lipinski definition) is 2. The molecule has 0 aromatic heterocycles. The van der Waals surface area contributed by atoms with Gasteiger partial charge in [0.25, 0.3) is 0 Å². The monoisotopic (exact) mass is 213 g/mol. The van der Waals surface area contributed by atoms with Crippen LogP contribution in [-0.2, 0) is 9.59 Å². The van der Waals surface area contributed by atoms with E-state index in [1.165, 1.54) is 4.90 Å². The molecule has 1 fully saturated rings. The van der Waals surface area contributed by atoms with E-state index >= 15 is 0 Å². The number of amides is 1. The molecule has 1 rings (SSSR count). The van der Waals surface area contributed by atoms with Crippen LogP contribution in [0, 0.1) is 0 Å². The molecule has 2 N–H and O–H groups in total. The first-order valence-corrected chi connectivity index (χ1v) is 4.91. The van der Waals surface area contributed by atoms with E-state index in [0.29, 0.717) is 13.0 Å². The van der Waals surface area contributed by atoms with Gasteiger partial charge in [-0.15, -0.1) is 0 Å². The molecule has 1 heterocycles. The van der Waals surface area contributed by atoms with Gasteiger partial charge in [0, 0.05) is 19.4 Å². The fourth-order valence-corrected chi connectivity index (χ4v) is 1.72. The Hall–Kier alpha value is -1.52. The maximum absolute atomic E-state index is 11.6. The molecule has 0 bridgehead atoms. The van der Waals surface area contributed by atoms with Crippen molar-refractivity contribution in [3.63, 3.8) is 0 Å². The first kappa shape index (κ1) is 11.6. The molecule has 0 aromatic rings. The van der Waals surface area contributed by atoms with Crippen LogP contribution in [0.25, 0.3) is 0 Å². The summed E-state index contributed by atoms with van der Waals surface area (Å²) in [6.45, 7) is 3.77. The van der Waals surface area contributed by atoms with Gasteiger partial charge < -0.3 is 15.1 Å². The zero-order valence-corrected chi connectivity index (χ0v) is 8.48. The van der Waals surface area contributed by atoms with Gasteiger partial charge in [-0.05, 0) is 12.8 Å². The quantitative estimate of drug-likeness (QED) is 0.680. The Bertz CT molecular complexity index is 287. The zero-order valence-electron chi connectivity index (χ0n) is 8.48. The number of carbonyl (C=O) groups is 2. The predicted molar refractivity (Wildman–Crippen MR) is 53.4 cm³/mol. The second kappa shape index (κ2) is 4.82. The molecule has 1 amide bonds. The molecule has 0 saturated carbocycles. The van der Waals surface area contributed by atoms with Crippen molar-refractivity contribution in [1.29, 1.82) is 0 Å². The maximum atomic E-state index is 11.6. The van der Waals surface area contributed by atoms with Crippen molar-refractivity contribution >= 4 is 11.9 Å². The van der Waals surface area contributed by atoms with Crippen molar-refractivity contribution in [2.45, 2.75) is 31.7 Å². The lowest BCUT2D eigenvalue weighted by molar-refractivity contribution is -0.148. The summed E-state index contributed by atoms with van der Waals surface area (Å²) in [5, 5.41) is 17.7. The molecule has 5 heteroatoms. The number of carboxylic acids is 1. The molecule has 0 spiro atoms. The molecule has 1 atom stereocenters. The number of allylic oxidation sites excluding steroid dienone is 1. The topological polar surface area (TPSA) is 77.8 Å². The normalized spacial score (nSPS) is 20.3. The van der Waals surface area contributed by atoms with E-state index in [4.69, 9.17) is 10.2 Å². The first-order valence-electron chi connectivity index (χ1n) is 4.91. The number of aliphatic hydroxyl groups is 1. The number of aliphatic hydroxyl groups excluding tert-OH is 1. The lowest BCUT2D eigenvalue weighted by atomic mass is 10.2. The second-order valence-corrected chi connectivity index (χ2v) is 3.65. The molecule has 1 saturated heterocycles. The second-order valence-electron chi connectivity index (χ2n) is 3.65. The largest absolute Gasteiger partial charge is 0.513 e. The van der Waals surface area contributed by atoms with Crippen LogP contribution in [0.15, 0.2) is 12.3 Å². The molecular formula is C10H15NO4. The van der Waals surface area contributed by atoms with Crippen molar-refractivity contribution in [2.24, 2.45) is 0 Å². The van der Waals surface area contributed by atoms with E-state index in [-0.39, 0.29) is 24.5 Å².